The molecule has 1 amide bonds. The molecule has 7 heteroatoms. The van der Waals surface area contributed by atoms with E-state index in [2.05, 4.69) is 20.4 Å². The van der Waals surface area contributed by atoms with Gasteiger partial charge in [-0.15, -0.1) is 0 Å². The standard InChI is InChI=1S/C19H17ClN4O2/c20-14-1-2-16-15(9-14)13(11-23-16)5-8-22-19(25)18-10-17(24-26-18)12-3-6-21-7-4-12/h1-4,6-7,9,11,18,23H,5,8,10H2,(H,22,25)/t18-/m0/s1. The van der Waals surface area contributed by atoms with Crippen molar-refractivity contribution in [3.63, 3.8) is 0 Å². The number of carbonyl (C=O) groups is 1. The van der Waals surface area contributed by atoms with Crippen LogP contribution in [-0.2, 0) is 16.1 Å². The highest BCUT2D eigenvalue weighted by atomic mass is 35.5. The molecule has 26 heavy (non-hydrogen) atoms. The fraction of sp³-hybridized carbons (Fsp3) is 0.211. The summed E-state index contributed by atoms with van der Waals surface area (Å²) in [6, 6.07) is 9.43. The molecule has 0 radical (unpaired) electrons. The Kier molecular flexibility index (Phi) is 4.58. The molecule has 2 aromatic heterocycles. The van der Waals surface area contributed by atoms with Crippen LogP contribution in [0.2, 0.25) is 5.02 Å². The van der Waals surface area contributed by atoms with E-state index < -0.39 is 6.10 Å². The lowest BCUT2D eigenvalue weighted by molar-refractivity contribution is -0.131. The first-order chi connectivity index (χ1) is 12.7. The number of amides is 1. The van der Waals surface area contributed by atoms with Crippen LogP contribution in [0.25, 0.3) is 10.9 Å². The van der Waals surface area contributed by atoms with Crippen molar-refractivity contribution in [2.24, 2.45) is 5.16 Å². The number of fused-ring (bicyclic) bond motifs is 1. The highest BCUT2D eigenvalue weighted by Gasteiger charge is 2.28. The molecular weight excluding hydrogens is 352 g/mol. The van der Waals surface area contributed by atoms with Gasteiger partial charge in [0.15, 0.2) is 0 Å². The maximum atomic E-state index is 12.3. The summed E-state index contributed by atoms with van der Waals surface area (Å²) >= 11 is 6.07. The number of aromatic nitrogens is 2. The summed E-state index contributed by atoms with van der Waals surface area (Å²) in [6.45, 7) is 0.517. The maximum absolute atomic E-state index is 12.3. The van der Waals surface area contributed by atoms with Crippen LogP contribution >= 0.6 is 11.6 Å². The molecule has 0 aliphatic carbocycles. The summed E-state index contributed by atoms with van der Waals surface area (Å²) in [5, 5.41) is 8.72. The minimum atomic E-state index is -0.587. The van der Waals surface area contributed by atoms with Crippen molar-refractivity contribution < 1.29 is 9.63 Å². The Morgan fingerprint density at radius 2 is 2.15 bits per heavy atom. The zero-order valence-electron chi connectivity index (χ0n) is 13.9. The number of halogens is 1. The predicted molar refractivity (Wildman–Crippen MR) is 100 cm³/mol. The second-order valence-electron chi connectivity index (χ2n) is 6.12. The molecule has 1 aromatic carbocycles. The van der Waals surface area contributed by atoms with Crippen LogP contribution in [0.15, 0.2) is 54.1 Å². The van der Waals surface area contributed by atoms with E-state index in [1.165, 1.54) is 0 Å². The van der Waals surface area contributed by atoms with Crippen molar-refractivity contribution in [3.8, 4) is 0 Å². The normalized spacial score (nSPS) is 16.3. The lowest BCUT2D eigenvalue weighted by atomic mass is 10.1. The molecule has 0 unspecified atom stereocenters. The summed E-state index contributed by atoms with van der Waals surface area (Å²) in [4.78, 5) is 24.8. The van der Waals surface area contributed by atoms with Crippen molar-refractivity contribution in [2.45, 2.75) is 18.9 Å². The minimum absolute atomic E-state index is 0.157. The highest BCUT2D eigenvalue weighted by molar-refractivity contribution is 6.31. The number of aromatic amines is 1. The molecule has 1 atom stereocenters. The third kappa shape index (κ3) is 3.41. The van der Waals surface area contributed by atoms with Crippen molar-refractivity contribution in [3.05, 3.63) is 65.1 Å². The van der Waals surface area contributed by atoms with E-state index in [1.807, 2.05) is 36.5 Å². The summed E-state index contributed by atoms with van der Waals surface area (Å²) in [7, 11) is 0. The van der Waals surface area contributed by atoms with Crippen LogP contribution in [0.5, 0.6) is 0 Å². The number of hydrogen-bond donors (Lipinski definition) is 2. The third-order valence-electron chi connectivity index (χ3n) is 4.40. The van der Waals surface area contributed by atoms with Gasteiger partial charge in [0.25, 0.3) is 5.91 Å². The van der Waals surface area contributed by atoms with Crippen LogP contribution < -0.4 is 5.32 Å². The molecule has 1 aliphatic heterocycles. The molecule has 0 saturated heterocycles. The molecule has 132 valence electrons. The van der Waals surface area contributed by atoms with E-state index >= 15 is 0 Å². The van der Waals surface area contributed by atoms with Gasteiger partial charge in [0.1, 0.15) is 0 Å². The van der Waals surface area contributed by atoms with Gasteiger partial charge in [-0.1, -0.05) is 16.8 Å². The summed E-state index contributed by atoms with van der Waals surface area (Å²) in [6.07, 6.45) is 5.91. The van der Waals surface area contributed by atoms with Gasteiger partial charge in [0, 0.05) is 53.0 Å². The van der Waals surface area contributed by atoms with Gasteiger partial charge in [-0.2, -0.15) is 0 Å². The molecule has 2 N–H and O–H groups in total. The average Bonchev–Trinajstić information content (AvgIpc) is 3.30. The van der Waals surface area contributed by atoms with E-state index in [1.54, 1.807) is 12.4 Å². The number of carbonyl (C=O) groups excluding carboxylic acids is 1. The molecular formula is C19H17ClN4O2. The maximum Gasteiger partial charge on any atom is 0.264 e. The topological polar surface area (TPSA) is 79.4 Å². The molecule has 0 saturated carbocycles. The van der Waals surface area contributed by atoms with Gasteiger partial charge in [0.05, 0.1) is 5.71 Å². The molecule has 3 aromatic rings. The first-order valence-electron chi connectivity index (χ1n) is 8.37. The lowest BCUT2D eigenvalue weighted by Crippen LogP contribution is -2.35. The largest absolute Gasteiger partial charge is 0.382 e. The number of nitrogens with one attached hydrogen (secondary N) is 2. The fourth-order valence-corrected chi connectivity index (χ4v) is 3.20. The number of nitrogens with zero attached hydrogens (tertiary/aromatic N) is 2. The molecule has 3 heterocycles. The van der Waals surface area contributed by atoms with Crippen LogP contribution in [0.1, 0.15) is 17.5 Å². The number of benzene rings is 1. The van der Waals surface area contributed by atoms with E-state index in [-0.39, 0.29) is 5.91 Å². The second kappa shape index (κ2) is 7.17. The molecule has 0 spiro atoms. The number of pyridine rings is 1. The Labute approximate surface area is 155 Å². The van der Waals surface area contributed by atoms with E-state index in [4.69, 9.17) is 16.4 Å². The summed E-state index contributed by atoms with van der Waals surface area (Å²) in [5.74, 6) is -0.157. The SMILES string of the molecule is O=C(NCCc1c[nH]c2ccc(Cl)cc12)[C@@H]1CC(c2ccncc2)=NO1. The lowest BCUT2D eigenvalue weighted by Gasteiger charge is -2.09. The predicted octanol–water partition coefficient (Wildman–Crippen LogP) is 3.07. The number of hydrogen-bond acceptors (Lipinski definition) is 4. The highest BCUT2D eigenvalue weighted by Crippen LogP contribution is 2.22. The van der Waals surface area contributed by atoms with Gasteiger partial charge in [-0.25, -0.2) is 0 Å². The Morgan fingerprint density at radius 3 is 3.00 bits per heavy atom. The van der Waals surface area contributed by atoms with E-state index in [0.29, 0.717) is 24.4 Å². The minimum Gasteiger partial charge on any atom is -0.382 e. The van der Waals surface area contributed by atoms with Crippen molar-refractivity contribution in [1.29, 1.82) is 0 Å². The van der Waals surface area contributed by atoms with Gasteiger partial charge in [-0.05, 0) is 42.3 Å². The molecule has 6 nitrogen and oxygen atoms in total. The number of rotatable bonds is 5. The zero-order chi connectivity index (χ0) is 17.9. The van der Waals surface area contributed by atoms with Gasteiger partial charge in [-0.3, -0.25) is 9.78 Å². The summed E-state index contributed by atoms with van der Waals surface area (Å²) < 4.78 is 0. The van der Waals surface area contributed by atoms with Crippen LogP contribution in [0.3, 0.4) is 0 Å². The first kappa shape index (κ1) is 16.6. The van der Waals surface area contributed by atoms with E-state index in [0.717, 1.165) is 27.7 Å². The van der Waals surface area contributed by atoms with Crippen LogP contribution in [0.4, 0.5) is 0 Å². The van der Waals surface area contributed by atoms with Crippen LogP contribution in [-0.4, -0.2) is 34.2 Å². The van der Waals surface area contributed by atoms with Gasteiger partial charge in [0.2, 0.25) is 6.10 Å². The molecule has 0 bridgehead atoms. The number of oxime groups is 1. The monoisotopic (exact) mass is 368 g/mol. The zero-order valence-corrected chi connectivity index (χ0v) is 14.7. The Balaban J connectivity index is 1.31. The van der Waals surface area contributed by atoms with Gasteiger partial charge >= 0.3 is 0 Å². The van der Waals surface area contributed by atoms with E-state index in [9.17, 15) is 4.79 Å². The molecule has 1 aliphatic rings. The average molecular weight is 369 g/mol. The Morgan fingerprint density at radius 1 is 1.31 bits per heavy atom. The van der Waals surface area contributed by atoms with Crippen molar-refractivity contribution in [2.75, 3.05) is 6.54 Å². The molecule has 0 fully saturated rings. The number of H-pyrrole nitrogens is 1. The Bertz CT molecular complexity index is 968. The smallest absolute Gasteiger partial charge is 0.264 e. The Hall–Kier alpha value is -2.86. The van der Waals surface area contributed by atoms with Crippen molar-refractivity contribution >= 4 is 34.1 Å². The second-order valence-corrected chi connectivity index (χ2v) is 6.55. The fourth-order valence-electron chi connectivity index (χ4n) is 3.02. The first-order valence-corrected chi connectivity index (χ1v) is 8.75. The molecule has 4 rings (SSSR count). The van der Waals surface area contributed by atoms with Gasteiger partial charge < -0.3 is 15.1 Å². The summed E-state index contributed by atoms with van der Waals surface area (Å²) in [5.41, 5.74) is 3.83. The quantitative estimate of drug-likeness (QED) is 0.726. The van der Waals surface area contributed by atoms with Crippen LogP contribution in [0, 0.1) is 0 Å². The van der Waals surface area contributed by atoms with Crippen molar-refractivity contribution in [1.82, 2.24) is 15.3 Å². The third-order valence-corrected chi connectivity index (χ3v) is 4.63.